The Labute approximate surface area is 141 Å². The zero-order valence-corrected chi connectivity index (χ0v) is 12.9. The Hall–Kier alpha value is -3.81. The van der Waals surface area contributed by atoms with E-state index in [4.69, 9.17) is 5.11 Å². The van der Waals surface area contributed by atoms with Gasteiger partial charge >= 0.3 is 5.97 Å². The van der Waals surface area contributed by atoms with Gasteiger partial charge in [0.2, 0.25) is 5.82 Å². The fourth-order valence-electron chi connectivity index (χ4n) is 2.49. The topological polar surface area (TPSA) is 110 Å². The van der Waals surface area contributed by atoms with Crippen LogP contribution in [0.2, 0.25) is 0 Å². The van der Waals surface area contributed by atoms with E-state index in [0.717, 1.165) is 22.4 Å². The molecule has 4 rings (SSSR count). The summed E-state index contributed by atoms with van der Waals surface area (Å²) >= 11 is 0. The highest BCUT2D eigenvalue weighted by atomic mass is 16.4. The van der Waals surface area contributed by atoms with Crippen molar-refractivity contribution in [3.8, 4) is 28.2 Å². The smallest absolute Gasteiger partial charge is 0.335 e. The first-order valence-corrected chi connectivity index (χ1v) is 7.43. The standard InChI is InChI=1S/C17H12N6O2/c24-17(25)13-3-1-2-12(8-13)14-9-18-23(10-14)15-6-4-11(5-7-15)16-19-21-22-20-16/h1-10H,(H,24,25)(H,19,20,21,22). The second-order valence-electron chi connectivity index (χ2n) is 5.34. The number of carboxylic acids is 1. The molecule has 0 atom stereocenters. The molecule has 8 nitrogen and oxygen atoms in total. The Morgan fingerprint density at radius 1 is 1.04 bits per heavy atom. The summed E-state index contributed by atoms with van der Waals surface area (Å²) in [6, 6.07) is 14.3. The highest BCUT2D eigenvalue weighted by molar-refractivity contribution is 5.89. The van der Waals surface area contributed by atoms with Gasteiger partial charge in [0, 0.05) is 17.3 Å². The number of nitrogens with one attached hydrogen (secondary N) is 1. The molecule has 0 aliphatic rings. The lowest BCUT2D eigenvalue weighted by atomic mass is 10.1. The summed E-state index contributed by atoms with van der Waals surface area (Å²) in [5.41, 5.74) is 3.60. The summed E-state index contributed by atoms with van der Waals surface area (Å²) in [6.07, 6.45) is 3.55. The van der Waals surface area contributed by atoms with Crippen molar-refractivity contribution in [2.24, 2.45) is 0 Å². The van der Waals surface area contributed by atoms with E-state index < -0.39 is 5.97 Å². The maximum Gasteiger partial charge on any atom is 0.335 e. The molecule has 0 aliphatic heterocycles. The van der Waals surface area contributed by atoms with Gasteiger partial charge in [-0.1, -0.05) is 12.1 Å². The van der Waals surface area contributed by atoms with Crippen LogP contribution in [-0.2, 0) is 0 Å². The molecule has 4 aromatic rings. The lowest BCUT2D eigenvalue weighted by molar-refractivity contribution is 0.0697. The first kappa shape index (κ1) is 14.8. The highest BCUT2D eigenvalue weighted by Gasteiger charge is 2.08. The quantitative estimate of drug-likeness (QED) is 0.594. The second-order valence-corrected chi connectivity index (χ2v) is 5.34. The summed E-state index contributed by atoms with van der Waals surface area (Å²) < 4.78 is 1.72. The molecule has 25 heavy (non-hydrogen) atoms. The van der Waals surface area contributed by atoms with Crippen molar-refractivity contribution in [3.63, 3.8) is 0 Å². The van der Waals surface area contributed by atoms with Crippen LogP contribution in [0.3, 0.4) is 0 Å². The number of nitrogens with zero attached hydrogens (tertiary/aromatic N) is 5. The van der Waals surface area contributed by atoms with Crippen LogP contribution in [0.5, 0.6) is 0 Å². The van der Waals surface area contributed by atoms with E-state index in [1.165, 1.54) is 0 Å². The highest BCUT2D eigenvalue weighted by Crippen LogP contribution is 2.22. The number of aromatic nitrogens is 6. The number of carbonyl (C=O) groups is 1. The molecular formula is C17H12N6O2. The third kappa shape index (κ3) is 2.88. The van der Waals surface area contributed by atoms with Crippen molar-refractivity contribution in [2.75, 3.05) is 0 Å². The third-order valence-corrected chi connectivity index (χ3v) is 3.76. The predicted octanol–water partition coefficient (Wildman–Crippen LogP) is 2.42. The molecule has 0 aliphatic carbocycles. The molecule has 8 heteroatoms. The molecule has 2 aromatic carbocycles. The van der Waals surface area contributed by atoms with Crippen molar-refractivity contribution in [3.05, 3.63) is 66.5 Å². The summed E-state index contributed by atoms with van der Waals surface area (Å²) in [7, 11) is 0. The predicted molar refractivity (Wildman–Crippen MR) is 89.1 cm³/mol. The molecule has 0 saturated heterocycles. The van der Waals surface area contributed by atoms with E-state index in [9.17, 15) is 4.79 Å². The molecule has 0 spiro atoms. The zero-order valence-electron chi connectivity index (χ0n) is 12.9. The molecule has 0 radical (unpaired) electrons. The number of rotatable bonds is 4. The lowest BCUT2D eigenvalue weighted by Gasteiger charge is -2.02. The molecular weight excluding hydrogens is 320 g/mol. The Morgan fingerprint density at radius 3 is 2.60 bits per heavy atom. The molecule has 2 aromatic heterocycles. The minimum Gasteiger partial charge on any atom is -0.478 e. The van der Waals surface area contributed by atoms with Crippen molar-refractivity contribution >= 4 is 5.97 Å². The van der Waals surface area contributed by atoms with E-state index in [-0.39, 0.29) is 5.56 Å². The van der Waals surface area contributed by atoms with Crippen molar-refractivity contribution in [2.45, 2.75) is 0 Å². The van der Waals surface area contributed by atoms with E-state index in [0.29, 0.717) is 5.82 Å². The van der Waals surface area contributed by atoms with Gasteiger partial charge in [0.05, 0.1) is 17.4 Å². The molecule has 0 bridgehead atoms. The Balaban J connectivity index is 1.63. The number of tetrazole rings is 1. The number of benzene rings is 2. The number of carboxylic acid groups (broad SMARTS) is 1. The van der Waals surface area contributed by atoms with Crippen molar-refractivity contribution in [1.82, 2.24) is 30.4 Å². The fourth-order valence-corrected chi connectivity index (χ4v) is 2.49. The van der Waals surface area contributed by atoms with Gasteiger partial charge in [0.15, 0.2) is 0 Å². The molecule has 0 amide bonds. The molecule has 0 saturated carbocycles. The van der Waals surface area contributed by atoms with Crippen LogP contribution in [0.15, 0.2) is 60.9 Å². The largest absolute Gasteiger partial charge is 0.478 e. The molecule has 2 N–H and O–H groups in total. The van der Waals surface area contributed by atoms with Gasteiger partial charge in [-0.2, -0.15) is 10.3 Å². The van der Waals surface area contributed by atoms with Gasteiger partial charge in [0.25, 0.3) is 0 Å². The molecule has 2 heterocycles. The van der Waals surface area contributed by atoms with Gasteiger partial charge in [-0.15, -0.1) is 10.2 Å². The molecule has 0 fully saturated rings. The van der Waals surface area contributed by atoms with Gasteiger partial charge in [-0.05, 0) is 47.2 Å². The van der Waals surface area contributed by atoms with Gasteiger partial charge in [-0.25, -0.2) is 9.48 Å². The zero-order chi connectivity index (χ0) is 17.2. The van der Waals surface area contributed by atoms with E-state index in [2.05, 4.69) is 25.7 Å². The average molecular weight is 332 g/mol. The van der Waals surface area contributed by atoms with Crippen LogP contribution in [0.1, 0.15) is 10.4 Å². The van der Waals surface area contributed by atoms with Crippen LogP contribution in [0.25, 0.3) is 28.2 Å². The van der Waals surface area contributed by atoms with Crippen LogP contribution in [0.4, 0.5) is 0 Å². The van der Waals surface area contributed by atoms with Crippen LogP contribution in [0, 0.1) is 0 Å². The van der Waals surface area contributed by atoms with E-state index in [1.54, 1.807) is 29.1 Å². The number of hydrogen-bond acceptors (Lipinski definition) is 5. The minimum absolute atomic E-state index is 0.245. The number of H-pyrrole nitrogens is 1. The summed E-state index contributed by atoms with van der Waals surface area (Å²) in [5, 5.41) is 27.3. The van der Waals surface area contributed by atoms with Gasteiger partial charge in [-0.3, -0.25) is 0 Å². The monoisotopic (exact) mass is 332 g/mol. The fraction of sp³-hybridized carbons (Fsp3) is 0. The Kier molecular flexibility index (Phi) is 3.55. The first-order valence-electron chi connectivity index (χ1n) is 7.43. The average Bonchev–Trinajstić information content (AvgIpc) is 3.34. The van der Waals surface area contributed by atoms with Crippen LogP contribution in [-0.4, -0.2) is 41.5 Å². The maximum atomic E-state index is 11.1. The van der Waals surface area contributed by atoms with Crippen molar-refractivity contribution in [1.29, 1.82) is 0 Å². The second kappa shape index (κ2) is 6.00. The maximum absolute atomic E-state index is 11.1. The minimum atomic E-state index is -0.953. The Bertz CT molecular complexity index is 1020. The number of aromatic amines is 1. The van der Waals surface area contributed by atoms with E-state index in [1.807, 2.05) is 36.5 Å². The number of hydrogen-bond donors (Lipinski definition) is 2. The van der Waals surface area contributed by atoms with Crippen LogP contribution >= 0.6 is 0 Å². The van der Waals surface area contributed by atoms with Crippen LogP contribution < -0.4 is 0 Å². The molecule has 0 unspecified atom stereocenters. The summed E-state index contributed by atoms with van der Waals surface area (Å²) in [4.78, 5) is 11.1. The van der Waals surface area contributed by atoms with Crippen molar-refractivity contribution < 1.29 is 9.90 Å². The summed E-state index contributed by atoms with van der Waals surface area (Å²) in [5.74, 6) is -0.426. The Morgan fingerprint density at radius 2 is 1.88 bits per heavy atom. The lowest BCUT2D eigenvalue weighted by Crippen LogP contribution is -1.95. The third-order valence-electron chi connectivity index (χ3n) is 3.76. The summed E-state index contributed by atoms with van der Waals surface area (Å²) in [6.45, 7) is 0. The first-order chi connectivity index (χ1) is 12.2. The van der Waals surface area contributed by atoms with E-state index >= 15 is 0 Å². The SMILES string of the molecule is O=C(O)c1cccc(-c2cnn(-c3ccc(-c4nn[nH]n4)cc3)c2)c1. The normalized spacial score (nSPS) is 10.7. The number of aromatic carboxylic acids is 1. The van der Waals surface area contributed by atoms with Gasteiger partial charge in [0.1, 0.15) is 0 Å². The molecule has 122 valence electrons. The van der Waals surface area contributed by atoms with Gasteiger partial charge < -0.3 is 5.11 Å².